The molecule has 1 aliphatic carbocycles. The minimum Gasteiger partial charge on any atom is -0.349 e. The van der Waals surface area contributed by atoms with Crippen molar-refractivity contribution in [3.05, 3.63) is 29.8 Å². The van der Waals surface area contributed by atoms with Gasteiger partial charge in [-0.1, -0.05) is 31.8 Å². The molecule has 0 bridgehead atoms. The molecule has 124 valence electrons. The molecule has 23 heavy (non-hydrogen) atoms. The largest absolute Gasteiger partial charge is 0.349 e. The SMILES string of the molecule is C#CCNS(=O)(=O)c1cccc(C(=O)NC2CCCC(C)C2)c1. The predicted molar refractivity (Wildman–Crippen MR) is 89.3 cm³/mol. The molecule has 2 rings (SSSR count). The molecule has 2 unspecified atom stereocenters. The Balaban J connectivity index is 2.10. The zero-order valence-electron chi connectivity index (χ0n) is 13.2. The van der Waals surface area contributed by atoms with Gasteiger partial charge in [-0.3, -0.25) is 4.79 Å². The summed E-state index contributed by atoms with van der Waals surface area (Å²) in [6, 6.07) is 6.15. The number of terminal acetylenes is 1. The van der Waals surface area contributed by atoms with E-state index in [1.54, 1.807) is 12.1 Å². The van der Waals surface area contributed by atoms with Gasteiger partial charge in [0.1, 0.15) is 0 Å². The lowest BCUT2D eigenvalue weighted by Crippen LogP contribution is -2.38. The van der Waals surface area contributed by atoms with E-state index >= 15 is 0 Å². The van der Waals surface area contributed by atoms with E-state index in [4.69, 9.17) is 6.42 Å². The Hall–Kier alpha value is -1.84. The first-order valence-electron chi connectivity index (χ1n) is 7.76. The molecule has 5 nitrogen and oxygen atoms in total. The lowest BCUT2D eigenvalue weighted by molar-refractivity contribution is 0.0921. The molecule has 0 aliphatic heterocycles. The van der Waals surface area contributed by atoms with Gasteiger partial charge in [0.05, 0.1) is 11.4 Å². The molecule has 1 aromatic rings. The van der Waals surface area contributed by atoms with Crippen molar-refractivity contribution >= 4 is 15.9 Å². The van der Waals surface area contributed by atoms with Crippen LogP contribution >= 0.6 is 0 Å². The van der Waals surface area contributed by atoms with Crippen LogP contribution in [0.4, 0.5) is 0 Å². The van der Waals surface area contributed by atoms with Crippen molar-refractivity contribution in [1.82, 2.24) is 10.0 Å². The van der Waals surface area contributed by atoms with Gasteiger partial charge in [0.15, 0.2) is 0 Å². The highest BCUT2D eigenvalue weighted by Gasteiger charge is 2.22. The van der Waals surface area contributed by atoms with Gasteiger partial charge in [-0.2, -0.15) is 4.72 Å². The van der Waals surface area contributed by atoms with Gasteiger partial charge in [-0.05, 0) is 37.0 Å². The average molecular weight is 334 g/mol. The van der Waals surface area contributed by atoms with Crippen LogP contribution in [0.2, 0.25) is 0 Å². The van der Waals surface area contributed by atoms with Crippen molar-refractivity contribution in [1.29, 1.82) is 0 Å². The summed E-state index contributed by atoms with van der Waals surface area (Å²) in [6.45, 7) is 2.10. The Morgan fingerprint density at radius 2 is 2.17 bits per heavy atom. The van der Waals surface area contributed by atoms with Crippen molar-refractivity contribution in [2.24, 2.45) is 5.92 Å². The second-order valence-corrected chi connectivity index (χ2v) is 7.77. The topological polar surface area (TPSA) is 75.3 Å². The maximum absolute atomic E-state index is 12.4. The highest BCUT2D eigenvalue weighted by atomic mass is 32.2. The first-order valence-corrected chi connectivity index (χ1v) is 9.25. The van der Waals surface area contributed by atoms with Gasteiger partial charge in [-0.15, -0.1) is 6.42 Å². The predicted octanol–water partition coefficient (Wildman–Crippen LogP) is 1.91. The van der Waals surface area contributed by atoms with Gasteiger partial charge in [-0.25, -0.2) is 8.42 Å². The number of amides is 1. The van der Waals surface area contributed by atoms with E-state index in [1.165, 1.54) is 18.6 Å². The smallest absolute Gasteiger partial charge is 0.251 e. The molecule has 1 fully saturated rings. The van der Waals surface area contributed by atoms with E-state index in [0.29, 0.717) is 11.5 Å². The Morgan fingerprint density at radius 1 is 1.39 bits per heavy atom. The zero-order chi connectivity index (χ0) is 16.9. The van der Waals surface area contributed by atoms with E-state index < -0.39 is 10.0 Å². The molecule has 1 saturated carbocycles. The number of hydrogen-bond acceptors (Lipinski definition) is 3. The molecule has 0 saturated heterocycles. The van der Waals surface area contributed by atoms with E-state index in [9.17, 15) is 13.2 Å². The molecule has 6 heteroatoms. The number of benzene rings is 1. The number of carbonyl (C=O) groups excluding carboxylic acids is 1. The fourth-order valence-corrected chi connectivity index (χ4v) is 3.84. The molecule has 0 radical (unpaired) electrons. The Bertz CT molecular complexity index is 707. The van der Waals surface area contributed by atoms with E-state index in [0.717, 1.165) is 19.3 Å². The summed E-state index contributed by atoms with van der Waals surface area (Å²) in [5, 5.41) is 3.00. The summed E-state index contributed by atoms with van der Waals surface area (Å²) in [6.07, 6.45) is 9.30. The molecule has 0 spiro atoms. The van der Waals surface area contributed by atoms with Crippen molar-refractivity contribution in [2.45, 2.75) is 43.5 Å². The van der Waals surface area contributed by atoms with Crippen LogP contribution in [-0.4, -0.2) is 26.9 Å². The molecular formula is C17H22N2O3S. The lowest BCUT2D eigenvalue weighted by Gasteiger charge is -2.27. The van der Waals surface area contributed by atoms with Gasteiger partial charge in [0.25, 0.3) is 5.91 Å². The van der Waals surface area contributed by atoms with E-state index in [2.05, 4.69) is 22.9 Å². The summed E-state index contributed by atoms with van der Waals surface area (Å²) in [7, 11) is -3.69. The number of hydrogen-bond donors (Lipinski definition) is 2. The maximum Gasteiger partial charge on any atom is 0.251 e. The first kappa shape index (κ1) is 17.5. The summed E-state index contributed by atoms with van der Waals surface area (Å²) in [5.74, 6) is 2.59. The molecule has 1 aliphatic rings. The van der Waals surface area contributed by atoms with Crippen LogP contribution < -0.4 is 10.0 Å². The number of rotatable bonds is 5. The fourth-order valence-electron chi connectivity index (χ4n) is 2.86. The van der Waals surface area contributed by atoms with Crippen LogP contribution in [0.1, 0.15) is 43.0 Å². The summed E-state index contributed by atoms with van der Waals surface area (Å²) < 4.78 is 26.4. The van der Waals surface area contributed by atoms with Crippen LogP contribution in [0.25, 0.3) is 0 Å². The van der Waals surface area contributed by atoms with Gasteiger partial charge in [0.2, 0.25) is 10.0 Å². The Morgan fingerprint density at radius 3 is 2.87 bits per heavy atom. The van der Waals surface area contributed by atoms with Crippen molar-refractivity contribution in [3.63, 3.8) is 0 Å². The maximum atomic E-state index is 12.4. The van der Waals surface area contributed by atoms with Crippen LogP contribution in [0.3, 0.4) is 0 Å². The van der Waals surface area contributed by atoms with Crippen LogP contribution in [0.5, 0.6) is 0 Å². The molecule has 1 aromatic carbocycles. The summed E-state index contributed by atoms with van der Waals surface area (Å²) in [4.78, 5) is 12.4. The van der Waals surface area contributed by atoms with Crippen molar-refractivity contribution in [2.75, 3.05) is 6.54 Å². The molecule has 1 amide bonds. The third kappa shape index (κ3) is 4.81. The minimum atomic E-state index is -3.69. The first-order chi connectivity index (χ1) is 10.9. The second kappa shape index (κ2) is 7.62. The quantitative estimate of drug-likeness (QED) is 0.808. The Kier molecular flexibility index (Phi) is 5.80. The van der Waals surface area contributed by atoms with E-state index in [-0.39, 0.29) is 23.4 Å². The summed E-state index contributed by atoms with van der Waals surface area (Å²) >= 11 is 0. The minimum absolute atomic E-state index is 0.0393. The van der Waals surface area contributed by atoms with Gasteiger partial charge < -0.3 is 5.32 Å². The third-order valence-corrected chi connectivity index (χ3v) is 5.44. The standard InChI is InChI=1S/C17H22N2O3S/c1-3-10-18-23(21,22)16-9-5-7-14(12-16)17(20)19-15-8-4-6-13(2)11-15/h1,5,7,9,12-13,15,18H,4,6,8,10-11H2,2H3,(H,19,20). The highest BCUT2D eigenvalue weighted by Crippen LogP contribution is 2.23. The molecule has 2 atom stereocenters. The monoisotopic (exact) mass is 334 g/mol. The third-order valence-electron chi connectivity index (χ3n) is 4.04. The summed E-state index contributed by atoms with van der Waals surface area (Å²) in [5.41, 5.74) is 0.340. The van der Waals surface area contributed by atoms with Crippen molar-refractivity contribution in [3.8, 4) is 12.3 Å². The molecule has 0 heterocycles. The number of sulfonamides is 1. The van der Waals surface area contributed by atoms with Crippen LogP contribution in [0, 0.1) is 18.3 Å². The molecular weight excluding hydrogens is 312 g/mol. The normalized spacial score (nSPS) is 21.4. The zero-order valence-corrected chi connectivity index (χ0v) is 14.0. The van der Waals surface area contributed by atoms with Gasteiger partial charge >= 0.3 is 0 Å². The van der Waals surface area contributed by atoms with Crippen molar-refractivity contribution < 1.29 is 13.2 Å². The molecule has 2 N–H and O–H groups in total. The lowest BCUT2D eigenvalue weighted by atomic mass is 9.87. The average Bonchev–Trinajstić information content (AvgIpc) is 2.53. The van der Waals surface area contributed by atoms with Gasteiger partial charge in [0, 0.05) is 11.6 Å². The fraction of sp³-hybridized carbons (Fsp3) is 0.471. The van der Waals surface area contributed by atoms with E-state index in [1.807, 2.05) is 0 Å². The second-order valence-electron chi connectivity index (χ2n) is 6.00. The highest BCUT2D eigenvalue weighted by molar-refractivity contribution is 7.89. The molecule has 0 aromatic heterocycles. The number of carbonyl (C=O) groups is 1. The van der Waals surface area contributed by atoms with Crippen LogP contribution in [0.15, 0.2) is 29.2 Å². The van der Waals surface area contributed by atoms with Crippen LogP contribution in [-0.2, 0) is 10.0 Å². The number of nitrogens with one attached hydrogen (secondary N) is 2. The Labute approximate surface area is 137 Å².